The third-order valence-corrected chi connectivity index (χ3v) is 5.24. The molecule has 1 saturated heterocycles. The first-order chi connectivity index (χ1) is 9.28. The van der Waals surface area contributed by atoms with Gasteiger partial charge in [-0.05, 0) is 64.0 Å². The second-order valence-electron chi connectivity index (χ2n) is 7.79. The van der Waals surface area contributed by atoms with Crippen LogP contribution in [-0.2, 0) is 17.6 Å². The molecule has 20 heavy (non-hydrogen) atoms. The summed E-state index contributed by atoms with van der Waals surface area (Å²) >= 11 is 0. The molecule has 3 rings (SSSR count). The van der Waals surface area contributed by atoms with Crippen molar-refractivity contribution in [1.29, 1.82) is 0 Å². The molecular weight excluding hydrogens is 246 g/mol. The lowest BCUT2D eigenvalue weighted by Gasteiger charge is -2.34. The van der Waals surface area contributed by atoms with E-state index in [9.17, 15) is 0 Å². The molecular formula is C18H27NO. The van der Waals surface area contributed by atoms with Crippen molar-refractivity contribution < 1.29 is 4.74 Å². The summed E-state index contributed by atoms with van der Waals surface area (Å²) in [4.78, 5) is 0. The normalized spacial score (nSPS) is 29.4. The summed E-state index contributed by atoms with van der Waals surface area (Å²) in [5.74, 6) is 1.01. The Morgan fingerprint density at radius 2 is 1.65 bits per heavy atom. The zero-order valence-corrected chi connectivity index (χ0v) is 13.1. The van der Waals surface area contributed by atoms with Gasteiger partial charge in [-0.3, -0.25) is 0 Å². The van der Waals surface area contributed by atoms with Crippen LogP contribution in [0.15, 0.2) is 24.3 Å². The van der Waals surface area contributed by atoms with E-state index in [4.69, 9.17) is 10.5 Å². The van der Waals surface area contributed by atoms with E-state index in [-0.39, 0.29) is 17.2 Å². The molecule has 2 N–H and O–H groups in total. The smallest absolute Gasteiger partial charge is 0.0677 e. The standard InChI is InChI=1S/C18H27NO/c1-17(2)11-15(18(3,4)20-17)16(19)14-9-12-7-5-6-8-13(12)10-14/h5-8,14-16H,9-11,19H2,1-4H3. The summed E-state index contributed by atoms with van der Waals surface area (Å²) in [6, 6.07) is 9.00. The molecule has 1 heterocycles. The average Bonchev–Trinajstić information content (AvgIpc) is 2.85. The Balaban J connectivity index is 1.77. The fourth-order valence-corrected chi connectivity index (χ4v) is 4.40. The summed E-state index contributed by atoms with van der Waals surface area (Å²) < 4.78 is 6.23. The highest BCUT2D eigenvalue weighted by Gasteiger charge is 2.50. The number of hydrogen-bond donors (Lipinski definition) is 1. The number of benzene rings is 1. The summed E-state index contributed by atoms with van der Waals surface area (Å²) in [6.45, 7) is 8.78. The maximum Gasteiger partial charge on any atom is 0.0677 e. The fourth-order valence-electron chi connectivity index (χ4n) is 4.40. The lowest BCUT2D eigenvalue weighted by Crippen LogP contribution is -2.45. The molecule has 1 aliphatic carbocycles. The highest BCUT2D eigenvalue weighted by atomic mass is 16.5. The Morgan fingerprint density at radius 1 is 1.10 bits per heavy atom. The Kier molecular flexibility index (Phi) is 3.22. The van der Waals surface area contributed by atoms with Crippen LogP contribution in [0.25, 0.3) is 0 Å². The molecule has 0 aromatic heterocycles. The molecule has 1 fully saturated rings. The van der Waals surface area contributed by atoms with Gasteiger partial charge in [0.05, 0.1) is 11.2 Å². The zero-order valence-electron chi connectivity index (χ0n) is 13.1. The molecule has 1 aromatic carbocycles. The van der Waals surface area contributed by atoms with Crippen LogP contribution < -0.4 is 5.73 Å². The molecule has 0 saturated carbocycles. The highest BCUT2D eigenvalue weighted by Crippen LogP contribution is 2.45. The number of fused-ring (bicyclic) bond motifs is 1. The van der Waals surface area contributed by atoms with Gasteiger partial charge in [0.15, 0.2) is 0 Å². The first-order valence-corrected chi connectivity index (χ1v) is 7.81. The van der Waals surface area contributed by atoms with Crippen molar-refractivity contribution >= 4 is 0 Å². The molecule has 2 unspecified atom stereocenters. The van der Waals surface area contributed by atoms with Gasteiger partial charge in [-0.2, -0.15) is 0 Å². The molecule has 2 aliphatic rings. The van der Waals surface area contributed by atoms with E-state index in [1.165, 1.54) is 11.1 Å². The SMILES string of the molecule is CC1(C)CC(C(N)C2Cc3ccccc3C2)C(C)(C)O1. The van der Waals surface area contributed by atoms with Gasteiger partial charge in [-0.15, -0.1) is 0 Å². The molecule has 2 atom stereocenters. The van der Waals surface area contributed by atoms with Crippen LogP contribution in [0.1, 0.15) is 45.2 Å². The minimum Gasteiger partial charge on any atom is -0.369 e. The van der Waals surface area contributed by atoms with E-state index in [0.717, 1.165) is 19.3 Å². The molecule has 110 valence electrons. The van der Waals surface area contributed by atoms with Crippen LogP contribution in [0.2, 0.25) is 0 Å². The average molecular weight is 273 g/mol. The summed E-state index contributed by atoms with van der Waals surface area (Å²) in [5, 5.41) is 0. The molecule has 2 heteroatoms. The van der Waals surface area contributed by atoms with Crippen LogP contribution in [0.5, 0.6) is 0 Å². The van der Waals surface area contributed by atoms with E-state index < -0.39 is 0 Å². The molecule has 0 bridgehead atoms. The second-order valence-corrected chi connectivity index (χ2v) is 7.79. The maximum absolute atomic E-state index is 6.68. The first kappa shape index (κ1) is 14.1. The second kappa shape index (κ2) is 4.57. The third-order valence-electron chi connectivity index (χ3n) is 5.24. The van der Waals surface area contributed by atoms with E-state index in [0.29, 0.717) is 11.8 Å². The number of rotatable bonds is 2. The van der Waals surface area contributed by atoms with Gasteiger partial charge in [-0.1, -0.05) is 24.3 Å². The van der Waals surface area contributed by atoms with Crippen molar-refractivity contribution in [3.63, 3.8) is 0 Å². The fraction of sp³-hybridized carbons (Fsp3) is 0.667. The predicted octanol–water partition coefficient (Wildman–Crippen LogP) is 3.32. The van der Waals surface area contributed by atoms with Gasteiger partial charge >= 0.3 is 0 Å². The molecule has 0 radical (unpaired) electrons. The van der Waals surface area contributed by atoms with Crippen molar-refractivity contribution in [3.05, 3.63) is 35.4 Å². The Labute approximate surface area is 122 Å². The third kappa shape index (κ3) is 2.40. The van der Waals surface area contributed by atoms with E-state index >= 15 is 0 Å². The van der Waals surface area contributed by atoms with Crippen LogP contribution >= 0.6 is 0 Å². The Morgan fingerprint density at radius 3 is 2.10 bits per heavy atom. The van der Waals surface area contributed by atoms with E-state index in [1.807, 2.05) is 0 Å². The van der Waals surface area contributed by atoms with Gasteiger partial charge in [0.1, 0.15) is 0 Å². The van der Waals surface area contributed by atoms with Crippen molar-refractivity contribution in [3.8, 4) is 0 Å². The lowest BCUT2D eigenvalue weighted by molar-refractivity contribution is -0.0780. The quantitative estimate of drug-likeness (QED) is 0.897. The van der Waals surface area contributed by atoms with Crippen molar-refractivity contribution in [2.45, 2.75) is 64.2 Å². The van der Waals surface area contributed by atoms with Crippen LogP contribution in [0, 0.1) is 11.8 Å². The summed E-state index contributed by atoms with van der Waals surface area (Å²) in [6.07, 6.45) is 3.32. The monoisotopic (exact) mass is 273 g/mol. The van der Waals surface area contributed by atoms with Gasteiger partial charge < -0.3 is 10.5 Å². The van der Waals surface area contributed by atoms with Gasteiger partial charge in [0, 0.05) is 12.0 Å². The predicted molar refractivity (Wildman–Crippen MR) is 82.7 cm³/mol. The van der Waals surface area contributed by atoms with Crippen molar-refractivity contribution in [2.24, 2.45) is 17.6 Å². The number of hydrogen-bond acceptors (Lipinski definition) is 2. The highest BCUT2D eigenvalue weighted by molar-refractivity contribution is 5.32. The maximum atomic E-state index is 6.68. The van der Waals surface area contributed by atoms with E-state index in [1.54, 1.807) is 0 Å². The molecule has 0 amide bonds. The van der Waals surface area contributed by atoms with Gasteiger partial charge in [0.25, 0.3) is 0 Å². The minimum absolute atomic E-state index is 0.0444. The van der Waals surface area contributed by atoms with Crippen LogP contribution in [-0.4, -0.2) is 17.2 Å². The Hall–Kier alpha value is -0.860. The lowest BCUT2D eigenvalue weighted by atomic mass is 9.76. The number of ether oxygens (including phenoxy) is 1. The van der Waals surface area contributed by atoms with Crippen molar-refractivity contribution in [1.82, 2.24) is 0 Å². The van der Waals surface area contributed by atoms with Crippen molar-refractivity contribution in [2.75, 3.05) is 0 Å². The van der Waals surface area contributed by atoms with Crippen LogP contribution in [0.4, 0.5) is 0 Å². The minimum atomic E-state index is -0.113. The zero-order chi connectivity index (χ0) is 14.5. The molecule has 1 aromatic rings. The molecule has 2 nitrogen and oxygen atoms in total. The van der Waals surface area contributed by atoms with Gasteiger partial charge in [-0.25, -0.2) is 0 Å². The van der Waals surface area contributed by atoms with E-state index in [2.05, 4.69) is 52.0 Å². The summed E-state index contributed by atoms with van der Waals surface area (Å²) in [5.41, 5.74) is 9.50. The van der Waals surface area contributed by atoms with Gasteiger partial charge in [0.2, 0.25) is 0 Å². The molecule has 1 aliphatic heterocycles. The first-order valence-electron chi connectivity index (χ1n) is 7.81. The molecule has 0 spiro atoms. The Bertz CT molecular complexity index is 481. The number of nitrogens with two attached hydrogens (primary N) is 1. The largest absolute Gasteiger partial charge is 0.369 e. The topological polar surface area (TPSA) is 35.2 Å². The van der Waals surface area contributed by atoms with Crippen LogP contribution in [0.3, 0.4) is 0 Å². The summed E-state index contributed by atoms with van der Waals surface area (Å²) in [7, 11) is 0.